The van der Waals surface area contributed by atoms with Crippen LogP contribution < -0.4 is 4.72 Å². The number of aromatic nitrogens is 1. The van der Waals surface area contributed by atoms with Crippen molar-refractivity contribution in [1.82, 2.24) is 9.71 Å². The van der Waals surface area contributed by atoms with Crippen LogP contribution in [0.2, 0.25) is 0 Å². The molecule has 8 heteroatoms. The molecule has 166 valence electrons. The monoisotopic (exact) mass is 476 g/mol. The van der Waals surface area contributed by atoms with Gasteiger partial charge in [-0.2, -0.15) is 4.72 Å². The number of para-hydroxylation sites is 1. The molecule has 2 N–H and O–H groups in total. The Labute approximate surface area is 196 Å². The predicted octanol–water partition coefficient (Wildman–Crippen LogP) is 3.98. The van der Waals surface area contributed by atoms with Gasteiger partial charge in [-0.15, -0.1) is 11.3 Å². The smallest absolute Gasteiger partial charge is 0.322 e. The molecular weight excluding hydrogens is 456 g/mol. The molecule has 2 aromatic carbocycles. The normalized spacial score (nSPS) is 12.2. The molecule has 0 radical (unpaired) electrons. The van der Waals surface area contributed by atoms with Crippen molar-refractivity contribution < 1.29 is 18.3 Å². The molecule has 6 nitrogen and oxygen atoms in total. The van der Waals surface area contributed by atoms with Crippen molar-refractivity contribution in [3.8, 4) is 11.8 Å². The second-order valence-corrected chi connectivity index (χ2v) is 10.5. The molecule has 2 heterocycles. The average Bonchev–Trinajstić information content (AvgIpc) is 3.28. The fourth-order valence-electron chi connectivity index (χ4n) is 3.19. The van der Waals surface area contributed by atoms with Crippen LogP contribution in [0.4, 0.5) is 0 Å². The molecule has 0 unspecified atom stereocenters. The van der Waals surface area contributed by atoms with Crippen molar-refractivity contribution in [2.75, 3.05) is 0 Å². The van der Waals surface area contributed by atoms with Gasteiger partial charge >= 0.3 is 5.97 Å². The van der Waals surface area contributed by atoms with Crippen molar-refractivity contribution in [2.24, 2.45) is 0 Å². The molecule has 0 saturated carbocycles. The summed E-state index contributed by atoms with van der Waals surface area (Å²) in [6, 6.07) is 18.7. The Kier molecular flexibility index (Phi) is 6.56. The minimum absolute atomic E-state index is 0.0126. The maximum absolute atomic E-state index is 12.8. The fraction of sp³-hybridized carbons (Fsp3) is 0.120. The van der Waals surface area contributed by atoms with Gasteiger partial charge in [0, 0.05) is 23.6 Å². The number of carboxylic acid groups (broad SMARTS) is 1. The first-order valence-electron chi connectivity index (χ1n) is 10.1. The van der Waals surface area contributed by atoms with E-state index in [1.807, 2.05) is 61.5 Å². The SMILES string of the molecule is Cc1ccc(C#Cc2ccc(S(=O)(=O)N[C@@H](Cc3cnc4ccccc4c3)C(=O)O)s2)cc1. The van der Waals surface area contributed by atoms with Gasteiger partial charge in [-0.25, -0.2) is 8.42 Å². The van der Waals surface area contributed by atoms with E-state index in [4.69, 9.17) is 0 Å². The van der Waals surface area contributed by atoms with E-state index in [1.54, 1.807) is 12.3 Å². The Balaban J connectivity index is 1.51. The van der Waals surface area contributed by atoms with Crippen molar-refractivity contribution in [3.63, 3.8) is 0 Å². The summed E-state index contributed by atoms with van der Waals surface area (Å²) in [5.74, 6) is 4.70. The fourth-order valence-corrected chi connectivity index (χ4v) is 5.56. The summed E-state index contributed by atoms with van der Waals surface area (Å²) in [4.78, 5) is 16.7. The van der Waals surface area contributed by atoms with Crippen LogP contribution in [0.5, 0.6) is 0 Å². The Morgan fingerprint density at radius 2 is 1.85 bits per heavy atom. The van der Waals surface area contributed by atoms with Gasteiger partial charge in [0.05, 0.1) is 10.4 Å². The van der Waals surface area contributed by atoms with Gasteiger partial charge in [0.2, 0.25) is 0 Å². The lowest BCUT2D eigenvalue weighted by atomic mass is 10.1. The van der Waals surface area contributed by atoms with Crippen LogP contribution >= 0.6 is 11.3 Å². The maximum atomic E-state index is 12.8. The van der Waals surface area contributed by atoms with Crippen LogP contribution in [0, 0.1) is 18.8 Å². The lowest BCUT2D eigenvalue weighted by molar-refractivity contribution is -0.138. The number of hydrogen-bond donors (Lipinski definition) is 2. The Morgan fingerprint density at radius 3 is 2.61 bits per heavy atom. The lowest BCUT2D eigenvalue weighted by Crippen LogP contribution is -2.42. The van der Waals surface area contributed by atoms with Crippen molar-refractivity contribution in [3.05, 3.63) is 94.5 Å². The summed E-state index contributed by atoms with van der Waals surface area (Å²) < 4.78 is 28.0. The molecule has 0 aliphatic rings. The third kappa shape index (κ3) is 5.65. The number of aliphatic carboxylic acids is 1. The standard InChI is InChI=1S/C25H20N2O4S2/c1-17-6-8-18(9-7-17)10-11-21-12-13-24(32-21)33(30,31)27-23(25(28)29)15-19-14-20-4-2-3-5-22(20)26-16-19/h2-9,12-14,16,23,27H,15H2,1H3,(H,28,29)/t23-/m0/s1. The number of rotatable bonds is 6. The van der Waals surface area contributed by atoms with Gasteiger partial charge in [-0.1, -0.05) is 47.7 Å². The summed E-state index contributed by atoms with van der Waals surface area (Å²) in [6.45, 7) is 1.99. The molecule has 0 spiro atoms. The van der Waals surface area contributed by atoms with E-state index in [2.05, 4.69) is 21.5 Å². The Morgan fingerprint density at radius 1 is 1.09 bits per heavy atom. The van der Waals surface area contributed by atoms with E-state index >= 15 is 0 Å². The van der Waals surface area contributed by atoms with Crippen LogP contribution in [0.15, 0.2) is 77.1 Å². The third-order valence-corrected chi connectivity index (χ3v) is 7.87. The summed E-state index contributed by atoms with van der Waals surface area (Å²) in [5, 5.41) is 10.5. The number of hydrogen-bond acceptors (Lipinski definition) is 5. The first-order chi connectivity index (χ1) is 15.8. The molecule has 4 aromatic rings. The van der Waals surface area contributed by atoms with Crippen molar-refractivity contribution in [1.29, 1.82) is 0 Å². The largest absolute Gasteiger partial charge is 0.480 e. The van der Waals surface area contributed by atoms with Gasteiger partial charge in [-0.3, -0.25) is 9.78 Å². The summed E-state index contributed by atoms with van der Waals surface area (Å²) in [7, 11) is -4.04. The number of sulfonamides is 1. The number of pyridine rings is 1. The Bertz CT molecular complexity index is 1480. The minimum Gasteiger partial charge on any atom is -0.480 e. The zero-order valence-corrected chi connectivity index (χ0v) is 19.3. The number of carboxylic acids is 1. The lowest BCUT2D eigenvalue weighted by Gasteiger charge is -2.14. The van der Waals surface area contributed by atoms with E-state index in [9.17, 15) is 18.3 Å². The number of nitrogens with zero attached hydrogens (tertiary/aromatic N) is 1. The van der Waals surface area contributed by atoms with Crippen molar-refractivity contribution >= 4 is 38.2 Å². The third-order valence-electron chi connectivity index (χ3n) is 4.91. The van der Waals surface area contributed by atoms with Gasteiger partial charge in [0.15, 0.2) is 0 Å². The second kappa shape index (κ2) is 9.55. The van der Waals surface area contributed by atoms with Crippen LogP contribution in [0.3, 0.4) is 0 Å². The zero-order chi connectivity index (χ0) is 23.4. The first-order valence-corrected chi connectivity index (χ1v) is 12.4. The number of carbonyl (C=O) groups is 1. The zero-order valence-electron chi connectivity index (χ0n) is 17.6. The van der Waals surface area contributed by atoms with Crippen molar-refractivity contribution in [2.45, 2.75) is 23.6 Å². The van der Waals surface area contributed by atoms with Crippen LogP contribution in [-0.2, 0) is 21.2 Å². The minimum atomic E-state index is -4.04. The van der Waals surface area contributed by atoms with E-state index in [0.29, 0.717) is 10.4 Å². The van der Waals surface area contributed by atoms with E-state index in [1.165, 1.54) is 6.07 Å². The summed E-state index contributed by atoms with van der Waals surface area (Å²) in [5.41, 5.74) is 3.36. The summed E-state index contributed by atoms with van der Waals surface area (Å²) in [6.07, 6.45) is 1.54. The average molecular weight is 477 g/mol. The number of nitrogens with one attached hydrogen (secondary N) is 1. The highest BCUT2D eigenvalue weighted by molar-refractivity contribution is 7.91. The molecule has 0 bridgehead atoms. The number of benzene rings is 2. The first kappa shape index (κ1) is 22.7. The van der Waals surface area contributed by atoms with Gasteiger partial charge in [-0.05, 0) is 48.9 Å². The highest BCUT2D eigenvalue weighted by Gasteiger charge is 2.27. The molecule has 33 heavy (non-hydrogen) atoms. The van der Waals surface area contributed by atoms with Gasteiger partial charge in [0.1, 0.15) is 10.3 Å². The predicted molar refractivity (Wildman–Crippen MR) is 129 cm³/mol. The highest BCUT2D eigenvalue weighted by atomic mass is 32.2. The Hall–Kier alpha value is -3.51. The number of aryl methyl sites for hydroxylation is 1. The molecule has 2 aromatic heterocycles. The molecule has 1 atom stereocenters. The van der Waals surface area contributed by atoms with E-state index < -0.39 is 22.0 Å². The molecular formula is C25H20N2O4S2. The molecule has 4 rings (SSSR count). The van der Waals surface area contributed by atoms with Crippen LogP contribution in [0.25, 0.3) is 10.9 Å². The van der Waals surface area contributed by atoms with Crippen LogP contribution in [-0.4, -0.2) is 30.5 Å². The number of fused-ring (bicyclic) bond motifs is 1. The van der Waals surface area contributed by atoms with E-state index in [-0.39, 0.29) is 10.6 Å². The highest BCUT2D eigenvalue weighted by Crippen LogP contribution is 2.22. The van der Waals surface area contributed by atoms with Gasteiger partial charge < -0.3 is 5.11 Å². The number of thiophene rings is 1. The van der Waals surface area contributed by atoms with Gasteiger partial charge in [0.25, 0.3) is 10.0 Å². The van der Waals surface area contributed by atoms with E-state index in [0.717, 1.165) is 33.4 Å². The molecule has 0 aliphatic heterocycles. The molecule has 0 fully saturated rings. The second-order valence-electron chi connectivity index (χ2n) is 7.49. The quantitative estimate of drug-likeness (QED) is 0.411. The molecule has 0 saturated heterocycles. The topological polar surface area (TPSA) is 96.4 Å². The summed E-state index contributed by atoms with van der Waals surface area (Å²) >= 11 is 0.995. The van der Waals surface area contributed by atoms with Crippen LogP contribution in [0.1, 0.15) is 21.6 Å². The molecule has 0 amide bonds. The maximum Gasteiger partial charge on any atom is 0.322 e. The molecule has 0 aliphatic carbocycles.